The fraction of sp³-hybridized carbons (Fsp3) is 0.333. The SMILES string of the molecule is COCCNS(=O)(=O)c1ccc(Nc2cc(Cl)nc3c(C(C)C)cnn23)cc1. The van der Waals surface area contributed by atoms with Crippen molar-refractivity contribution in [2.24, 2.45) is 0 Å². The van der Waals surface area contributed by atoms with Gasteiger partial charge in [-0.25, -0.2) is 18.1 Å². The van der Waals surface area contributed by atoms with Crippen LogP contribution in [0.1, 0.15) is 25.3 Å². The number of fused-ring (bicyclic) bond motifs is 1. The summed E-state index contributed by atoms with van der Waals surface area (Å²) in [4.78, 5) is 4.54. The quantitative estimate of drug-likeness (QED) is 0.426. The molecule has 1 aromatic carbocycles. The molecule has 0 saturated carbocycles. The first kappa shape index (κ1) is 20.5. The fourth-order valence-electron chi connectivity index (χ4n) is 2.67. The molecular weight excluding hydrogens is 402 g/mol. The fourth-order valence-corrected chi connectivity index (χ4v) is 3.87. The topological polar surface area (TPSA) is 97.6 Å². The smallest absolute Gasteiger partial charge is 0.240 e. The molecule has 0 aliphatic heterocycles. The molecule has 8 nitrogen and oxygen atoms in total. The van der Waals surface area contributed by atoms with Crippen molar-refractivity contribution in [3.05, 3.63) is 47.2 Å². The number of nitrogens with one attached hydrogen (secondary N) is 2. The van der Waals surface area contributed by atoms with E-state index in [-0.39, 0.29) is 17.4 Å². The van der Waals surface area contributed by atoms with Gasteiger partial charge in [0.15, 0.2) is 5.65 Å². The highest BCUT2D eigenvalue weighted by molar-refractivity contribution is 7.89. The number of aromatic nitrogens is 3. The van der Waals surface area contributed by atoms with Crippen molar-refractivity contribution in [1.29, 1.82) is 0 Å². The van der Waals surface area contributed by atoms with Crippen molar-refractivity contribution in [2.75, 3.05) is 25.6 Å². The number of methoxy groups -OCH3 is 1. The number of nitrogens with zero attached hydrogens (tertiary/aromatic N) is 3. The van der Waals surface area contributed by atoms with Crippen LogP contribution >= 0.6 is 11.6 Å². The predicted octanol–water partition coefficient (Wildman–Crippen LogP) is 3.17. The van der Waals surface area contributed by atoms with E-state index in [9.17, 15) is 8.42 Å². The van der Waals surface area contributed by atoms with Crippen molar-refractivity contribution in [2.45, 2.75) is 24.7 Å². The molecule has 0 atom stereocenters. The van der Waals surface area contributed by atoms with Crippen molar-refractivity contribution < 1.29 is 13.2 Å². The summed E-state index contributed by atoms with van der Waals surface area (Å²) >= 11 is 6.18. The molecule has 150 valence electrons. The molecule has 0 bridgehead atoms. The van der Waals surface area contributed by atoms with Gasteiger partial charge in [-0.1, -0.05) is 25.4 Å². The van der Waals surface area contributed by atoms with Crippen LogP contribution in [0.3, 0.4) is 0 Å². The molecular formula is C18H22ClN5O3S. The van der Waals surface area contributed by atoms with Gasteiger partial charge in [-0.05, 0) is 30.2 Å². The van der Waals surface area contributed by atoms with Gasteiger partial charge in [0.1, 0.15) is 11.0 Å². The maximum absolute atomic E-state index is 12.2. The van der Waals surface area contributed by atoms with Crippen LogP contribution in [0.25, 0.3) is 5.65 Å². The van der Waals surface area contributed by atoms with Gasteiger partial charge in [-0.3, -0.25) is 0 Å². The molecule has 2 N–H and O–H groups in total. The van der Waals surface area contributed by atoms with Crippen LogP contribution in [0.4, 0.5) is 11.5 Å². The summed E-state index contributed by atoms with van der Waals surface area (Å²) in [5.74, 6) is 0.891. The third kappa shape index (κ3) is 4.44. The first-order chi connectivity index (χ1) is 13.3. The van der Waals surface area contributed by atoms with E-state index in [2.05, 4.69) is 34.0 Å². The van der Waals surface area contributed by atoms with Crippen LogP contribution in [0.15, 0.2) is 41.4 Å². The van der Waals surface area contributed by atoms with Gasteiger partial charge in [-0.15, -0.1) is 0 Å². The lowest BCUT2D eigenvalue weighted by Gasteiger charge is -2.11. The van der Waals surface area contributed by atoms with Crippen molar-refractivity contribution in [3.8, 4) is 0 Å². The largest absolute Gasteiger partial charge is 0.383 e. The molecule has 0 aliphatic carbocycles. The minimum atomic E-state index is -3.58. The van der Waals surface area contributed by atoms with Crippen LogP contribution in [0.5, 0.6) is 0 Å². The van der Waals surface area contributed by atoms with E-state index in [1.807, 2.05) is 0 Å². The van der Waals surface area contributed by atoms with Gasteiger partial charge in [0, 0.05) is 31.0 Å². The lowest BCUT2D eigenvalue weighted by Crippen LogP contribution is -2.27. The maximum atomic E-state index is 12.2. The number of benzene rings is 1. The number of halogens is 1. The molecule has 2 heterocycles. The Kier molecular flexibility index (Phi) is 6.19. The van der Waals surface area contributed by atoms with Crippen molar-refractivity contribution >= 4 is 38.8 Å². The molecule has 3 rings (SSSR count). The molecule has 0 amide bonds. The van der Waals surface area contributed by atoms with E-state index in [1.165, 1.54) is 19.2 Å². The summed E-state index contributed by atoms with van der Waals surface area (Å²) in [7, 11) is -2.06. The molecule has 0 radical (unpaired) electrons. The molecule has 0 fully saturated rings. The zero-order valence-corrected chi connectivity index (χ0v) is 17.4. The molecule has 3 aromatic rings. The van der Waals surface area contributed by atoms with Gasteiger partial charge in [-0.2, -0.15) is 9.61 Å². The number of sulfonamides is 1. The Hall–Kier alpha value is -2.20. The standard InChI is InChI=1S/C18H22ClN5O3S/c1-12(2)15-11-20-24-17(10-16(19)23-18(15)24)22-13-4-6-14(7-5-13)28(25,26)21-8-9-27-3/h4-7,10-12,21-22H,8-9H2,1-3H3. The van der Waals surface area contributed by atoms with E-state index < -0.39 is 10.0 Å². The summed E-state index contributed by atoms with van der Waals surface area (Å²) in [5, 5.41) is 7.95. The van der Waals surface area contributed by atoms with E-state index in [1.54, 1.807) is 28.9 Å². The molecule has 10 heteroatoms. The zero-order valence-electron chi connectivity index (χ0n) is 15.8. The normalized spacial score (nSPS) is 12.0. The first-order valence-corrected chi connectivity index (χ1v) is 10.6. The summed E-state index contributed by atoms with van der Waals surface area (Å²) in [5.41, 5.74) is 2.38. The number of hydrogen-bond donors (Lipinski definition) is 2. The summed E-state index contributed by atoms with van der Waals surface area (Å²) in [6, 6.07) is 8.08. The highest BCUT2D eigenvalue weighted by atomic mass is 35.5. The number of anilines is 2. The van der Waals surface area contributed by atoms with E-state index >= 15 is 0 Å². The number of rotatable bonds is 8. The highest BCUT2D eigenvalue weighted by Gasteiger charge is 2.15. The van der Waals surface area contributed by atoms with Gasteiger partial charge >= 0.3 is 0 Å². The Labute approximate surface area is 168 Å². The van der Waals surface area contributed by atoms with Crippen molar-refractivity contribution in [3.63, 3.8) is 0 Å². The second-order valence-electron chi connectivity index (χ2n) is 6.49. The lowest BCUT2D eigenvalue weighted by molar-refractivity contribution is 0.204. The number of hydrogen-bond acceptors (Lipinski definition) is 6. The molecule has 0 unspecified atom stereocenters. The van der Waals surface area contributed by atoms with Gasteiger partial charge < -0.3 is 10.1 Å². The Balaban J connectivity index is 1.85. The average Bonchev–Trinajstić information content (AvgIpc) is 3.06. The van der Waals surface area contributed by atoms with E-state index in [0.717, 1.165) is 5.56 Å². The van der Waals surface area contributed by atoms with Gasteiger partial charge in [0.25, 0.3) is 0 Å². The molecule has 28 heavy (non-hydrogen) atoms. The Morgan fingerprint density at radius 1 is 1.25 bits per heavy atom. The first-order valence-electron chi connectivity index (χ1n) is 8.71. The Morgan fingerprint density at radius 2 is 1.96 bits per heavy atom. The maximum Gasteiger partial charge on any atom is 0.240 e. The van der Waals surface area contributed by atoms with Gasteiger partial charge in [0.2, 0.25) is 10.0 Å². The van der Waals surface area contributed by atoms with Gasteiger partial charge in [0.05, 0.1) is 17.7 Å². The van der Waals surface area contributed by atoms with E-state index in [4.69, 9.17) is 16.3 Å². The molecule has 0 aliphatic rings. The Morgan fingerprint density at radius 3 is 2.61 bits per heavy atom. The summed E-state index contributed by atoms with van der Waals surface area (Å²) in [6.45, 7) is 4.64. The monoisotopic (exact) mass is 423 g/mol. The van der Waals surface area contributed by atoms with Crippen LogP contribution in [-0.4, -0.2) is 43.3 Å². The second kappa shape index (κ2) is 8.44. The third-order valence-electron chi connectivity index (χ3n) is 4.13. The van der Waals surface area contributed by atoms with Crippen LogP contribution in [0, 0.1) is 0 Å². The zero-order chi connectivity index (χ0) is 20.3. The molecule has 0 spiro atoms. The second-order valence-corrected chi connectivity index (χ2v) is 8.65. The summed E-state index contributed by atoms with van der Waals surface area (Å²) in [6.07, 6.45) is 1.77. The molecule has 0 saturated heterocycles. The lowest BCUT2D eigenvalue weighted by atomic mass is 10.1. The predicted molar refractivity (Wildman–Crippen MR) is 109 cm³/mol. The average molecular weight is 424 g/mol. The van der Waals surface area contributed by atoms with Crippen molar-refractivity contribution in [1.82, 2.24) is 19.3 Å². The van der Waals surface area contributed by atoms with Crippen LogP contribution in [0.2, 0.25) is 5.15 Å². The molecule has 2 aromatic heterocycles. The van der Waals surface area contributed by atoms with E-state index in [0.29, 0.717) is 28.9 Å². The minimum absolute atomic E-state index is 0.174. The Bertz CT molecular complexity index is 1060. The van der Waals surface area contributed by atoms with Crippen LogP contribution in [-0.2, 0) is 14.8 Å². The number of ether oxygens (including phenoxy) is 1. The third-order valence-corrected chi connectivity index (χ3v) is 5.80. The highest BCUT2D eigenvalue weighted by Crippen LogP contribution is 2.26. The van der Waals surface area contributed by atoms with Crippen LogP contribution < -0.4 is 10.0 Å². The minimum Gasteiger partial charge on any atom is -0.383 e. The summed E-state index contributed by atoms with van der Waals surface area (Å²) < 4.78 is 33.5.